The van der Waals surface area contributed by atoms with Crippen molar-refractivity contribution in [2.24, 2.45) is 11.8 Å². The van der Waals surface area contributed by atoms with Crippen LogP contribution in [0.5, 0.6) is 0 Å². The van der Waals surface area contributed by atoms with Gasteiger partial charge in [0.25, 0.3) is 8.32 Å². The third-order valence-electron chi connectivity index (χ3n) is 5.55. The maximum atomic E-state index is 11.3. The Morgan fingerprint density at radius 3 is 1.75 bits per heavy atom. The minimum Gasteiger partial charge on any atom is -0.407 e. The number of methoxy groups -OCH3 is 1. The number of carbonyl (C=O) groups excluding carboxylic acids is 1. The first kappa shape index (κ1) is 22.5. The minimum atomic E-state index is -2.56. The van der Waals surface area contributed by atoms with Crippen LogP contribution in [0.4, 0.5) is 0 Å². The molecule has 0 aliphatic rings. The largest absolute Gasteiger partial charge is 0.407 e. The topological polar surface area (TPSA) is 35.5 Å². The molecule has 152 valence electrons. The van der Waals surface area contributed by atoms with E-state index < -0.39 is 8.32 Å². The maximum absolute atomic E-state index is 11.3. The summed E-state index contributed by atoms with van der Waals surface area (Å²) >= 11 is 0. The molecule has 0 radical (unpaired) electrons. The highest BCUT2D eigenvalue weighted by molar-refractivity contribution is 6.99. The van der Waals surface area contributed by atoms with Crippen molar-refractivity contribution in [1.82, 2.24) is 0 Å². The van der Waals surface area contributed by atoms with Gasteiger partial charge in [0.1, 0.15) is 6.29 Å². The molecule has 0 unspecified atom stereocenters. The second-order valence-corrected chi connectivity index (χ2v) is 13.0. The van der Waals surface area contributed by atoms with Crippen LogP contribution in [-0.2, 0) is 14.0 Å². The smallest absolute Gasteiger partial charge is 0.261 e. The number of hydrogen-bond donors (Lipinski definition) is 0. The Kier molecular flexibility index (Phi) is 7.76. The van der Waals surface area contributed by atoms with Crippen LogP contribution in [0.15, 0.2) is 60.7 Å². The predicted octanol–water partition coefficient (Wildman–Crippen LogP) is 4.05. The van der Waals surface area contributed by atoms with Gasteiger partial charge in [0.2, 0.25) is 0 Å². The third kappa shape index (κ3) is 4.62. The van der Waals surface area contributed by atoms with Crippen LogP contribution < -0.4 is 10.4 Å². The fourth-order valence-electron chi connectivity index (χ4n) is 4.16. The molecule has 0 spiro atoms. The summed E-state index contributed by atoms with van der Waals surface area (Å²) in [5.74, 6) is -0.0606. The standard InChI is InChI=1S/C24H34O3Si/c1-19(17-25)23(26-6)20(2)18-27-28(24(3,4)5,21-13-9-7-10-14-21)22-15-11-8-12-16-22/h7-17,19-20,23H,18H2,1-6H3/t19-,20-,23-/m0/s1. The highest BCUT2D eigenvalue weighted by Crippen LogP contribution is 2.37. The first-order chi connectivity index (χ1) is 13.3. The lowest BCUT2D eigenvalue weighted by atomic mass is 9.95. The van der Waals surface area contributed by atoms with E-state index in [2.05, 4.69) is 76.2 Å². The molecular weight excluding hydrogens is 364 g/mol. The molecule has 0 aliphatic carbocycles. The summed E-state index contributed by atoms with van der Waals surface area (Å²) in [6.45, 7) is 11.4. The van der Waals surface area contributed by atoms with Crippen molar-refractivity contribution >= 4 is 25.0 Å². The molecule has 0 aromatic heterocycles. The van der Waals surface area contributed by atoms with E-state index in [1.807, 2.05) is 19.1 Å². The molecule has 3 nitrogen and oxygen atoms in total. The number of ether oxygens (including phenoxy) is 1. The molecule has 0 saturated carbocycles. The summed E-state index contributed by atoms with van der Waals surface area (Å²) < 4.78 is 12.6. The lowest BCUT2D eigenvalue weighted by molar-refractivity contribution is -0.116. The monoisotopic (exact) mass is 398 g/mol. The van der Waals surface area contributed by atoms with E-state index in [1.165, 1.54) is 10.4 Å². The molecule has 0 fully saturated rings. The van der Waals surface area contributed by atoms with E-state index in [0.29, 0.717) is 6.61 Å². The fourth-order valence-corrected chi connectivity index (χ4v) is 8.82. The Bertz CT molecular complexity index is 685. The second-order valence-electron chi connectivity index (χ2n) is 8.65. The Morgan fingerprint density at radius 1 is 0.929 bits per heavy atom. The Hall–Kier alpha value is -1.75. The van der Waals surface area contributed by atoms with Gasteiger partial charge in [-0.3, -0.25) is 0 Å². The molecule has 28 heavy (non-hydrogen) atoms. The number of hydrogen-bond acceptors (Lipinski definition) is 3. The molecule has 0 aliphatic heterocycles. The van der Waals surface area contributed by atoms with Crippen molar-refractivity contribution in [1.29, 1.82) is 0 Å². The van der Waals surface area contributed by atoms with Crippen LogP contribution in [0.1, 0.15) is 34.6 Å². The van der Waals surface area contributed by atoms with Crippen LogP contribution in [0.25, 0.3) is 0 Å². The van der Waals surface area contributed by atoms with Crippen molar-refractivity contribution in [2.45, 2.75) is 45.8 Å². The van der Waals surface area contributed by atoms with Gasteiger partial charge < -0.3 is 14.0 Å². The molecular formula is C24H34O3Si. The SMILES string of the molecule is CO[C@@H]([C@@H](C)C=O)[C@@H](C)CO[Si](c1ccccc1)(c1ccccc1)C(C)(C)C. The lowest BCUT2D eigenvalue weighted by Crippen LogP contribution is -2.67. The molecule has 0 amide bonds. The first-order valence-electron chi connectivity index (χ1n) is 10.0. The first-order valence-corrected chi connectivity index (χ1v) is 11.9. The van der Waals surface area contributed by atoms with Crippen LogP contribution in [-0.4, -0.2) is 34.4 Å². The normalized spacial score (nSPS) is 15.6. The molecule has 3 atom stereocenters. The van der Waals surface area contributed by atoms with E-state index in [1.54, 1.807) is 7.11 Å². The summed E-state index contributed by atoms with van der Waals surface area (Å²) in [4.78, 5) is 11.3. The maximum Gasteiger partial charge on any atom is 0.261 e. The molecule has 0 heterocycles. The molecule has 0 bridgehead atoms. The van der Waals surface area contributed by atoms with Crippen LogP contribution in [0.2, 0.25) is 5.04 Å². The zero-order valence-electron chi connectivity index (χ0n) is 18.0. The van der Waals surface area contributed by atoms with Crippen molar-refractivity contribution in [3.8, 4) is 0 Å². The fraction of sp³-hybridized carbons (Fsp3) is 0.458. The number of rotatable bonds is 9. The highest BCUT2D eigenvalue weighted by atomic mass is 28.4. The summed E-state index contributed by atoms with van der Waals surface area (Å²) in [5.41, 5.74) is 0. The Morgan fingerprint density at radius 2 is 1.39 bits per heavy atom. The van der Waals surface area contributed by atoms with Gasteiger partial charge in [-0.15, -0.1) is 0 Å². The van der Waals surface area contributed by atoms with Gasteiger partial charge >= 0.3 is 0 Å². The molecule has 2 aromatic carbocycles. The van der Waals surface area contributed by atoms with Gasteiger partial charge in [-0.05, 0) is 15.4 Å². The number of benzene rings is 2. The van der Waals surface area contributed by atoms with E-state index >= 15 is 0 Å². The molecule has 2 aromatic rings. The molecule has 4 heteroatoms. The van der Waals surface area contributed by atoms with Gasteiger partial charge in [-0.1, -0.05) is 95.3 Å². The van der Waals surface area contributed by atoms with Gasteiger partial charge in [0.05, 0.1) is 6.10 Å². The van der Waals surface area contributed by atoms with E-state index in [9.17, 15) is 4.79 Å². The van der Waals surface area contributed by atoms with Crippen molar-refractivity contribution in [3.05, 3.63) is 60.7 Å². The van der Waals surface area contributed by atoms with E-state index in [0.717, 1.165) is 6.29 Å². The molecule has 0 N–H and O–H groups in total. The average Bonchev–Trinajstić information content (AvgIpc) is 2.69. The predicted molar refractivity (Wildman–Crippen MR) is 119 cm³/mol. The number of carbonyl (C=O) groups is 1. The second kappa shape index (κ2) is 9.64. The number of aldehydes is 1. The Labute approximate surface area is 171 Å². The van der Waals surface area contributed by atoms with Gasteiger partial charge in [-0.2, -0.15) is 0 Å². The van der Waals surface area contributed by atoms with E-state index in [4.69, 9.17) is 9.16 Å². The summed E-state index contributed by atoms with van der Waals surface area (Å²) in [5, 5.41) is 2.46. The summed E-state index contributed by atoms with van der Waals surface area (Å²) in [6, 6.07) is 21.2. The van der Waals surface area contributed by atoms with Crippen molar-refractivity contribution < 1.29 is 14.0 Å². The minimum absolute atomic E-state index is 0.0612. The van der Waals surface area contributed by atoms with Crippen LogP contribution in [0.3, 0.4) is 0 Å². The highest BCUT2D eigenvalue weighted by Gasteiger charge is 2.50. The molecule has 0 saturated heterocycles. The Balaban J connectivity index is 2.49. The van der Waals surface area contributed by atoms with Gasteiger partial charge in [0, 0.05) is 25.6 Å². The van der Waals surface area contributed by atoms with E-state index in [-0.39, 0.29) is 23.0 Å². The van der Waals surface area contributed by atoms with Gasteiger partial charge in [0.15, 0.2) is 0 Å². The van der Waals surface area contributed by atoms with Crippen molar-refractivity contribution in [2.75, 3.05) is 13.7 Å². The lowest BCUT2D eigenvalue weighted by Gasteiger charge is -2.44. The zero-order valence-corrected chi connectivity index (χ0v) is 19.0. The summed E-state index contributed by atoms with van der Waals surface area (Å²) in [7, 11) is -0.889. The zero-order chi connectivity index (χ0) is 20.8. The molecule has 2 rings (SSSR count). The van der Waals surface area contributed by atoms with Gasteiger partial charge in [-0.25, -0.2) is 0 Å². The van der Waals surface area contributed by atoms with Crippen LogP contribution >= 0.6 is 0 Å². The summed E-state index contributed by atoms with van der Waals surface area (Å²) in [6.07, 6.45) is 0.809. The third-order valence-corrected chi connectivity index (χ3v) is 10.6. The van der Waals surface area contributed by atoms with Crippen molar-refractivity contribution in [3.63, 3.8) is 0 Å². The van der Waals surface area contributed by atoms with Crippen LogP contribution in [0, 0.1) is 11.8 Å². The average molecular weight is 399 g/mol. The quantitative estimate of drug-likeness (QED) is 0.472.